The first-order valence-corrected chi connectivity index (χ1v) is 25.3. The molecule has 74 heavy (non-hydrogen) atoms. The van der Waals surface area contributed by atoms with Gasteiger partial charge in [0, 0.05) is 64.7 Å². The van der Waals surface area contributed by atoms with Gasteiger partial charge in [-0.2, -0.15) is 0 Å². The molecule has 2 unspecified atom stereocenters. The van der Waals surface area contributed by atoms with Crippen LogP contribution >= 0.6 is 0 Å². The average Bonchev–Trinajstić information content (AvgIpc) is 3.31. The molecule has 2 aliphatic rings. The standard InChI is InChI=1S/C58H80N4O12/c1-39(21-13-23-41(3)29-31-45-43(5)53(69)47(37-57(45,7)8)73-51(67)27-17-35-61-55(71)59-33-15-25-49(63)64)19-11-12-20-40(2)22-14-24-42(4)30-32-46-44(6)54(70)48(38-58(46,9)10)74-52(68)28-18-36-62-56(72)60-34-16-26-50(65)66/h11-14,19-24,29-32,47-48H,15-18,25-28,33-38H2,1-10H3,(H,63,64)(H,65,66)(H2,59,61,71)(H2,60,62,72)/b12-11+,21-13+,22-14+,31-29+,32-30+,39-19+,40-20+,41-23+,42-24+. The van der Waals surface area contributed by atoms with Gasteiger partial charge in [0.15, 0.2) is 23.8 Å². The van der Waals surface area contributed by atoms with Crippen LogP contribution < -0.4 is 21.3 Å². The summed E-state index contributed by atoms with van der Waals surface area (Å²) in [6, 6.07) is -0.884. The van der Waals surface area contributed by atoms with Gasteiger partial charge in [-0.05, 0) is 100 Å². The zero-order chi connectivity index (χ0) is 55.4. The zero-order valence-electron chi connectivity index (χ0n) is 45.1. The number of esters is 2. The number of allylic oxidation sites excluding steroid dienone is 20. The Morgan fingerprint density at radius 1 is 0.500 bits per heavy atom. The zero-order valence-corrected chi connectivity index (χ0v) is 45.1. The largest absolute Gasteiger partial charge is 0.481 e. The molecule has 6 N–H and O–H groups in total. The molecule has 4 amide bonds. The van der Waals surface area contributed by atoms with Crippen molar-refractivity contribution in [1.29, 1.82) is 0 Å². The number of nitrogens with one attached hydrogen (secondary N) is 4. The lowest BCUT2D eigenvalue weighted by Crippen LogP contribution is -2.39. The number of carboxylic acid groups (broad SMARTS) is 2. The lowest BCUT2D eigenvalue weighted by atomic mass is 9.71. The normalized spacial score (nSPS) is 18.8. The molecule has 16 nitrogen and oxygen atoms in total. The van der Waals surface area contributed by atoms with Gasteiger partial charge in [-0.1, -0.05) is 135 Å². The average molecular weight is 1030 g/mol. The van der Waals surface area contributed by atoms with Crippen LogP contribution in [0.1, 0.15) is 133 Å². The molecule has 0 spiro atoms. The molecule has 0 heterocycles. The smallest absolute Gasteiger partial charge is 0.314 e. The molecule has 0 radical (unpaired) electrons. The number of rotatable bonds is 28. The minimum Gasteiger partial charge on any atom is -0.481 e. The van der Waals surface area contributed by atoms with Crippen LogP contribution in [0.15, 0.2) is 130 Å². The fourth-order valence-electron chi connectivity index (χ4n) is 8.07. The molecular weight excluding hydrogens is 945 g/mol. The third-order valence-electron chi connectivity index (χ3n) is 12.2. The first-order chi connectivity index (χ1) is 34.8. The second-order valence-electron chi connectivity index (χ2n) is 19.9. The number of urea groups is 2. The van der Waals surface area contributed by atoms with E-state index in [0.29, 0.717) is 49.7 Å². The van der Waals surface area contributed by atoms with Gasteiger partial charge in [0.2, 0.25) is 0 Å². The van der Waals surface area contributed by atoms with Gasteiger partial charge >= 0.3 is 35.9 Å². The quantitative estimate of drug-likeness (QED) is 0.0244. The van der Waals surface area contributed by atoms with Crippen LogP contribution in [0.4, 0.5) is 9.59 Å². The summed E-state index contributed by atoms with van der Waals surface area (Å²) in [5.74, 6) is -3.34. The predicted molar refractivity (Wildman–Crippen MR) is 288 cm³/mol. The molecule has 404 valence electrons. The third-order valence-corrected chi connectivity index (χ3v) is 12.2. The number of Topliss-reactive ketones (excluding diaryl/α,β-unsaturated/α-hetero) is 2. The number of amides is 4. The maximum absolute atomic E-state index is 13.3. The highest BCUT2D eigenvalue weighted by Gasteiger charge is 2.41. The summed E-state index contributed by atoms with van der Waals surface area (Å²) in [7, 11) is 0. The van der Waals surface area contributed by atoms with Crippen molar-refractivity contribution >= 4 is 47.5 Å². The number of ether oxygens (including phenoxy) is 2. The second kappa shape index (κ2) is 32.2. The molecule has 16 heteroatoms. The first-order valence-electron chi connectivity index (χ1n) is 25.3. The van der Waals surface area contributed by atoms with Crippen LogP contribution in [0.5, 0.6) is 0 Å². The predicted octanol–water partition coefficient (Wildman–Crippen LogP) is 9.90. The highest BCUT2D eigenvalue weighted by Crippen LogP contribution is 2.42. The van der Waals surface area contributed by atoms with Crippen molar-refractivity contribution in [3.05, 3.63) is 130 Å². The van der Waals surface area contributed by atoms with Crippen LogP contribution in [0, 0.1) is 10.8 Å². The van der Waals surface area contributed by atoms with Gasteiger partial charge in [0.1, 0.15) is 0 Å². The van der Waals surface area contributed by atoms with Crippen molar-refractivity contribution in [2.45, 2.75) is 146 Å². The number of carboxylic acids is 2. The molecule has 0 aromatic rings. The third kappa shape index (κ3) is 24.5. The Balaban J connectivity index is 1.87. The molecule has 0 aliphatic heterocycles. The molecule has 2 rings (SSSR count). The van der Waals surface area contributed by atoms with Crippen molar-refractivity contribution in [2.24, 2.45) is 10.8 Å². The van der Waals surface area contributed by atoms with Crippen molar-refractivity contribution in [1.82, 2.24) is 21.3 Å². The maximum Gasteiger partial charge on any atom is 0.314 e. The number of ketones is 2. The van der Waals surface area contributed by atoms with Gasteiger partial charge < -0.3 is 41.0 Å². The van der Waals surface area contributed by atoms with E-state index in [1.54, 1.807) is 13.8 Å². The van der Waals surface area contributed by atoms with Gasteiger partial charge in [-0.3, -0.25) is 28.8 Å². The fourth-order valence-corrected chi connectivity index (χ4v) is 8.07. The van der Waals surface area contributed by atoms with Crippen LogP contribution in [-0.2, 0) is 38.2 Å². The Morgan fingerprint density at radius 3 is 1.12 bits per heavy atom. The minimum absolute atomic E-state index is 0.0336. The maximum atomic E-state index is 13.3. The molecular formula is C58H80N4O12. The summed E-state index contributed by atoms with van der Waals surface area (Å²) in [5.41, 5.74) is 6.09. The molecule has 0 fully saturated rings. The Hall–Kier alpha value is -7.10. The van der Waals surface area contributed by atoms with Gasteiger partial charge in [0.05, 0.1) is 0 Å². The van der Waals surface area contributed by atoms with E-state index < -0.39 is 59.0 Å². The number of hydrogen-bond donors (Lipinski definition) is 6. The summed E-state index contributed by atoms with van der Waals surface area (Å²) in [6.07, 6.45) is 28.0. The van der Waals surface area contributed by atoms with E-state index in [1.165, 1.54) is 0 Å². The highest BCUT2D eigenvalue weighted by molar-refractivity contribution is 6.02. The van der Waals surface area contributed by atoms with E-state index in [1.807, 2.05) is 140 Å². The van der Waals surface area contributed by atoms with Crippen molar-refractivity contribution in [3.8, 4) is 0 Å². The lowest BCUT2D eigenvalue weighted by Gasteiger charge is -2.36. The van der Waals surface area contributed by atoms with Crippen molar-refractivity contribution in [3.63, 3.8) is 0 Å². The van der Waals surface area contributed by atoms with E-state index in [4.69, 9.17) is 19.7 Å². The van der Waals surface area contributed by atoms with E-state index in [0.717, 1.165) is 33.4 Å². The molecule has 0 aromatic carbocycles. The molecule has 0 aromatic heterocycles. The lowest BCUT2D eigenvalue weighted by molar-refractivity contribution is -0.156. The SMILES string of the molecule is CC1=C(/C=C/C(C)=C/C=C/C(C)=C/C=C/C=C(C)/C=C/C=C(C)/C=C/C2=C(C)C(=O)C(OC(=O)CCCNC(=O)NCCCC(=O)O)CC2(C)C)C(C)(C)CC(OC(=O)CCCNC(=O)NCCCC(=O)O)C1=O. The Kier molecular flexibility index (Phi) is 27.4. The molecule has 0 saturated carbocycles. The van der Waals surface area contributed by atoms with Gasteiger partial charge in [-0.25, -0.2) is 9.59 Å². The Labute approximate surface area is 437 Å². The molecule has 0 bridgehead atoms. The number of carbonyl (C=O) groups is 8. The Bertz CT molecular complexity index is 2240. The van der Waals surface area contributed by atoms with Crippen LogP contribution in [0.25, 0.3) is 0 Å². The van der Waals surface area contributed by atoms with E-state index in [9.17, 15) is 38.4 Å². The van der Waals surface area contributed by atoms with E-state index >= 15 is 0 Å². The van der Waals surface area contributed by atoms with Crippen LogP contribution in [0.3, 0.4) is 0 Å². The minimum atomic E-state index is -0.930. The number of aliphatic carboxylic acids is 2. The van der Waals surface area contributed by atoms with Crippen LogP contribution in [-0.4, -0.2) is 96.1 Å². The molecule has 2 aliphatic carbocycles. The molecule has 0 saturated heterocycles. The highest BCUT2D eigenvalue weighted by atomic mass is 16.6. The first kappa shape index (κ1) is 63.0. The summed E-state index contributed by atoms with van der Waals surface area (Å²) < 4.78 is 11.2. The number of hydrogen-bond acceptors (Lipinski definition) is 10. The summed E-state index contributed by atoms with van der Waals surface area (Å²) in [4.78, 5) is 96.6. The van der Waals surface area contributed by atoms with E-state index in [2.05, 4.69) is 21.3 Å². The fraction of sp³-hybridized carbons (Fsp3) is 0.483. The van der Waals surface area contributed by atoms with Gasteiger partial charge in [-0.15, -0.1) is 0 Å². The van der Waals surface area contributed by atoms with E-state index in [-0.39, 0.29) is 63.4 Å². The van der Waals surface area contributed by atoms with Gasteiger partial charge in [0.25, 0.3) is 0 Å². The summed E-state index contributed by atoms with van der Waals surface area (Å²) in [5, 5.41) is 27.7. The Morgan fingerprint density at radius 2 is 0.797 bits per heavy atom. The van der Waals surface area contributed by atoms with Crippen molar-refractivity contribution in [2.75, 3.05) is 26.2 Å². The number of carbonyl (C=O) groups excluding carboxylic acids is 6. The summed E-state index contributed by atoms with van der Waals surface area (Å²) in [6.45, 7) is 20.5. The summed E-state index contributed by atoms with van der Waals surface area (Å²) >= 11 is 0. The van der Waals surface area contributed by atoms with Crippen molar-refractivity contribution < 1.29 is 58.0 Å². The van der Waals surface area contributed by atoms with Crippen LogP contribution in [0.2, 0.25) is 0 Å². The second-order valence-corrected chi connectivity index (χ2v) is 19.9. The topological polar surface area (TPSA) is 244 Å². The molecule has 2 atom stereocenters. The monoisotopic (exact) mass is 1020 g/mol.